The molecule has 2 aromatic heterocycles. The van der Waals surface area contributed by atoms with Crippen LogP contribution < -0.4 is 5.19 Å². The molecule has 3 heteroatoms. The topological polar surface area (TPSA) is 25.8 Å². The summed E-state index contributed by atoms with van der Waals surface area (Å²) in [7, 11) is -1.28. The molecule has 0 atom stereocenters. The first-order chi connectivity index (χ1) is 15.5. The number of benzene rings is 3. The Morgan fingerprint density at radius 1 is 0.562 bits per heavy atom. The highest BCUT2D eigenvalue weighted by Crippen LogP contribution is 2.28. The van der Waals surface area contributed by atoms with E-state index in [0.717, 1.165) is 27.6 Å². The molecule has 0 aliphatic heterocycles. The zero-order chi connectivity index (χ0) is 22.1. The molecule has 0 spiro atoms. The molecular weight excluding hydrogens is 404 g/mol. The van der Waals surface area contributed by atoms with E-state index in [1.54, 1.807) is 6.20 Å². The van der Waals surface area contributed by atoms with Crippen molar-refractivity contribution in [2.75, 3.05) is 0 Å². The highest BCUT2D eigenvalue weighted by molar-refractivity contribution is 6.88. The molecule has 156 valence electrons. The molecule has 5 rings (SSSR count). The molecule has 2 heterocycles. The number of fused-ring (bicyclic) bond motifs is 1. The fraction of sp³-hybridized carbons (Fsp3) is 0.103. The van der Waals surface area contributed by atoms with E-state index in [0.29, 0.717) is 0 Å². The molecule has 2 nitrogen and oxygen atoms in total. The lowest BCUT2D eigenvalue weighted by atomic mass is 10.00. The largest absolute Gasteiger partial charge is 0.264 e. The second-order valence-electron chi connectivity index (χ2n) is 9.28. The van der Waals surface area contributed by atoms with Gasteiger partial charge in [-0.05, 0) is 46.0 Å². The molecule has 0 fully saturated rings. The molecule has 0 aliphatic carbocycles. The molecule has 0 radical (unpaired) electrons. The standard InChI is InChI=1S/C29H26N2Si/c1-32(2,3)28-14-12-21(13-15-28)24-10-11-25-17-27(20-31-29(25)18-24)23-8-6-22(7-9-23)26-5-4-16-30-19-26/h4-20H,1-3H3. The lowest BCUT2D eigenvalue weighted by Crippen LogP contribution is -2.37. The zero-order valence-electron chi connectivity index (χ0n) is 18.7. The van der Waals surface area contributed by atoms with Crippen LogP contribution in [-0.4, -0.2) is 18.0 Å². The van der Waals surface area contributed by atoms with Crippen LogP contribution in [0.4, 0.5) is 0 Å². The minimum Gasteiger partial charge on any atom is -0.264 e. The monoisotopic (exact) mass is 430 g/mol. The Morgan fingerprint density at radius 2 is 1.19 bits per heavy atom. The van der Waals surface area contributed by atoms with Crippen LogP contribution in [-0.2, 0) is 0 Å². The Hall–Kier alpha value is -3.56. The summed E-state index contributed by atoms with van der Waals surface area (Å²) in [4.78, 5) is 8.99. The Kier molecular flexibility index (Phi) is 5.20. The number of hydrogen-bond donors (Lipinski definition) is 0. The molecule has 0 N–H and O–H groups in total. The summed E-state index contributed by atoms with van der Waals surface area (Å²) in [6.45, 7) is 7.14. The Bertz CT molecular complexity index is 1370. The van der Waals surface area contributed by atoms with Gasteiger partial charge in [-0.25, -0.2) is 0 Å². The fourth-order valence-electron chi connectivity index (χ4n) is 4.01. The Labute approximate surface area is 190 Å². The van der Waals surface area contributed by atoms with E-state index >= 15 is 0 Å². The minimum absolute atomic E-state index is 1.02. The summed E-state index contributed by atoms with van der Waals surface area (Å²) in [6, 6.07) is 30.5. The SMILES string of the molecule is C[Si](C)(C)c1ccc(-c2ccc3cc(-c4ccc(-c5cccnc5)cc4)cnc3c2)cc1. The second kappa shape index (κ2) is 8.17. The summed E-state index contributed by atoms with van der Waals surface area (Å²) < 4.78 is 0. The van der Waals surface area contributed by atoms with Crippen molar-refractivity contribution in [3.63, 3.8) is 0 Å². The second-order valence-corrected chi connectivity index (χ2v) is 14.4. The third-order valence-electron chi connectivity index (χ3n) is 5.98. The van der Waals surface area contributed by atoms with Crippen LogP contribution >= 0.6 is 0 Å². The van der Waals surface area contributed by atoms with Gasteiger partial charge in [0.1, 0.15) is 0 Å². The molecule has 0 unspecified atom stereocenters. The Balaban J connectivity index is 1.43. The van der Waals surface area contributed by atoms with E-state index in [1.807, 2.05) is 18.5 Å². The average Bonchev–Trinajstić information content (AvgIpc) is 2.83. The smallest absolute Gasteiger partial charge is 0.0775 e. The molecular formula is C29H26N2Si. The maximum Gasteiger partial charge on any atom is 0.0775 e. The van der Waals surface area contributed by atoms with E-state index in [9.17, 15) is 0 Å². The van der Waals surface area contributed by atoms with E-state index in [2.05, 4.69) is 103 Å². The normalized spacial score (nSPS) is 11.6. The van der Waals surface area contributed by atoms with Gasteiger partial charge in [0.25, 0.3) is 0 Å². The van der Waals surface area contributed by atoms with Gasteiger partial charge in [-0.1, -0.05) is 91.6 Å². The quantitative estimate of drug-likeness (QED) is 0.282. The molecule has 32 heavy (non-hydrogen) atoms. The fourth-order valence-corrected chi connectivity index (χ4v) is 5.18. The summed E-state index contributed by atoms with van der Waals surface area (Å²) in [5.41, 5.74) is 8.06. The van der Waals surface area contributed by atoms with E-state index < -0.39 is 8.07 Å². The van der Waals surface area contributed by atoms with Crippen molar-refractivity contribution in [3.8, 4) is 33.4 Å². The third kappa shape index (κ3) is 4.12. The maximum absolute atomic E-state index is 4.78. The van der Waals surface area contributed by atoms with Gasteiger partial charge in [0, 0.05) is 29.5 Å². The van der Waals surface area contributed by atoms with Gasteiger partial charge in [-0.3, -0.25) is 9.97 Å². The minimum atomic E-state index is -1.28. The van der Waals surface area contributed by atoms with Crippen LogP contribution in [0.15, 0.2) is 104 Å². The number of pyridine rings is 2. The molecule has 5 aromatic rings. The van der Waals surface area contributed by atoms with Gasteiger partial charge in [-0.2, -0.15) is 0 Å². The third-order valence-corrected chi connectivity index (χ3v) is 8.05. The van der Waals surface area contributed by atoms with Gasteiger partial charge in [-0.15, -0.1) is 0 Å². The summed E-state index contributed by atoms with van der Waals surface area (Å²) in [6.07, 6.45) is 5.66. The predicted octanol–water partition coefficient (Wildman–Crippen LogP) is 7.18. The molecule has 0 saturated carbocycles. The number of hydrogen-bond acceptors (Lipinski definition) is 2. The van der Waals surface area contributed by atoms with Crippen molar-refractivity contribution in [3.05, 3.63) is 104 Å². The van der Waals surface area contributed by atoms with Gasteiger partial charge in [0.2, 0.25) is 0 Å². The van der Waals surface area contributed by atoms with Crippen LogP contribution in [0.3, 0.4) is 0 Å². The Morgan fingerprint density at radius 3 is 1.84 bits per heavy atom. The van der Waals surface area contributed by atoms with Crippen molar-refractivity contribution in [2.45, 2.75) is 19.6 Å². The molecule has 0 bridgehead atoms. The van der Waals surface area contributed by atoms with Gasteiger partial charge in [0.05, 0.1) is 13.6 Å². The lowest BCUT2D eigenvalue weighted by Gasteiger charge is -2.16. The predicted molar refractivity (Wildman–Crippen MR) is 139 cm³/mol. The highest BCUT2D eigenvalue weighted by Gasteiger charge is 2.15. The van der Waals surface area contributed by atoms with Crippen molar-refractivity contribution < 1.29 is 0 Å². The summed E-state index contributed by atoms with van der Waals surface area (Å²) in [5, 5.41) is 2.64. The van der Waals surface area contributed by atoms with Crippen LogP contribution in [0.25, 0.3) is 44.3 Å². The van der Waals surface area contributed by atoms with Crippen molar-refractivity contribution >= 4 is 24.2 Å². The van der Waals surface area contributed by atoms with E-state index in [1.165, 1.54) is 21.9 Å². The van der Waals surface area contributed by atoms with E-state index in [-0.39, 0.29) is 0 Å². The van der Waals surface area contributed by atoms with Gasteiger partial charge >= 0.3 is 0 Å². The first kappa shape index (κ1) is 20.3. The first-order valence-electron chi connectivity index (χ1n) is 11.0. The number of rotatable bonds is 4. The van der Waals surface area contributed by atoms with Crippen LogP contribution in [0.5, 0.6) is 0 Å². The van der Waals surface area contributed by atoms with Gasteiger partial charge in [0.15, 0.2) is 0 Å². The van der Waals surface area contributed by atoms with Crippen molar-refractivity contribution in [2.24, 2.45) is 0 Å². The molecule has 0 amide bonds. The molecule has 3 aromatic carbocycles. The first-order valence-corrected chi connectivity index (χ1v) is 14.5. The van der Waals surface area contributed by atoms with E-state index in [4.69, 9.17) is 4.98 Å². The van der Waals surface area contributed by atoms with Crippen molar-refractivity contribution in [1.29, 1.82) is 0 Å². The van der Waals surface area contributed by atoms with Crippen LogP contribution in [0.1, 0.15) is 0 Å². The van der Waals surface area contributed by atoms with Crippen LogP contribution in [0.2, 0.25) is 19.6 Å². The lowest BCUT2D eigenvalue weighted by molar-refractivity contribution is 1.33. The van der Waals surface area contributed by atoms with Crippen LogP contribution in [0, 0.1) is 0 Å². The highest BCUT2D eigenvalue weighted by atomic mass is 28.3. The average molecular weight is 431 g/mol. The maximum atomic E-state index is 4.78. The van der Waals surface area contributed by atoms with Gasteiger partial charge < -0.3 is 0 Å². The van der Waals surface area contributed by atoms with Crippen molar-refractivity contribution in [1.82, 2.24) is 9.97 Å². The molecule has 0 aliphatic rings. The summed E-state index contributed by atoms with van der Waals surface area (Å²) >= 11 is 0. The summed E-state index contributed by atoms with van der Waals surface area (Å²) in [5.74, 6) is 0. The zero-order valence-corrected chi connectivity index (χ0v) is 19.7. The number of aromatic nitrogens is 2. The number of nitrogens with zero attached hydrogens (tertiary/aromatic N) is 2. The molecule has 0 saturated heterocycles.